The Hall–Kier alpha value is -0.930. The minimum atomic E-state index is 0.104. The van der Waals surface area contributed by atoms with Gasteiger partial charge in [-0.05, 0) is 51.3 Å². The van der Waals surface area contributed by atoms with E-state index in [4.69, 9.17) is 5.73 Å². The van der Waals surface area contributed by atoms with Crippen LogP contribution in [0, 0.1) is 5.92 Å². The maximum Gasteiger partial charge on any atom is 0.0673 e. The molecule has 0 bridgehead atoms. The van der Waals surface area contributed by atoms with Crippen LogP contribution in [0.25, 0.3) is 0 Å². The lowest BCUT2D eigenvalue weighted by Crippen LogP contribution is -2.49. The zero-order valence-electron chi connectivity index (χ0n) is 11.7. The summed E-state index contributed by atoms with van der Waals surface area (Å²) in [5.41, 5.74) is 7.33. The molecule has 0 aliphatic carbocycles. The Balaban J connectivity index is 2.25. The van der Waals surface area contributed by atoms with Crippen molar-refractivity contribution in [2.75, 3.05) is 6.54 Å². The smallest absolute Gasteiger partial charge is 0.0673 e. The van der Waals surface area contributed by atoms with Crippen molar-refractivity contribution in [3.8, 4) is 0 Å². The third-order valence-electron chi connectivity index (χ3n) is 4.27. The summed E-state index contributed by atoms with van der Waals surface area (Å²) < 4.78 is 0. The molecule has 1 aliphatic heterocycles. The Morgan fingerprint density at radius 1 is 1.39 bits per heavy atom. The standard InChI is InChI=1S/C15H25N3/c1-11-7-6-10-18(13(11)3)15(12(2)16)14-8-4-5-9-17-14/h4-5,8-9,11-13,15H,6-7,10,16H2,1-3H3. The van der Waals surface area contributed by atoms with E-state index in [1.54, 1.807) is 0 Å². The Morgan fingerprint density at radius 2 is 2.17 bits per heavy atom. The van der Waals surface area contributed by atoms with Crippen LogP contribution >= 0.6 is 0 Å². The first-order valence-corrected chi connectivity index (χ1v) is 7.03. The fourth-order valence-electron chi connectivity index (χ4n) is 3.05. The van der Waals surface area contributed by atoms with Crippen LogP contribution in [-0.4, -0.2) is 28.5 Å². The Bertz CT molecular complexity index is 363. The highest BCUT2D eigenvalue weighted by molar-refractivity contribution is 5.12. The van der Waals surface area contributed by atoms with Crippen molar-refractivity contribution in [2.24, 2.45) is 11.7 Å². The van der Waals surface area contributed by atoms with Crippen molar-refractivity contribution in [3.63, 3.8) is 0 Å². The highest BCUT2D eigenvalue weighted by Gasteiger charge is 2.33. The fourth-order valence-corrected chi connectivity index (χ4v) is 3.05. The molecule has 4 atom stereocenters. The monoisotopic (exact) mass is 247 g/mol. The van der Waals surface area contributed by atoms with E-state index in [0.717, 1.165) is 18.2 Å². The molecule has 2 heterocycles. The average Bonchev–Trinajstić information content (AvgIpc) is 2.36. The lowest BCUT2D eigenvalue weighted by atomic mass is 9.89. The van der Waals surface area contributed by atoms with Crippen molar-refractivity contribution in [1.82, 2.24) is 9.88 Å². The third-order valence-corrected chi connectivity index (χ3v) is 4.27. The van der Waals surface area contributed by atoms with Crippen molar-refractivity contribution in [1.29, 1.82) is 0 Å². The summed E-state index contributed by atoms with van der Waals surface area (Å²) in [6.45, 7) is 7.88. The largest absolute Gasteiger partial charge is 0.326 e. The average molecular weight is 247 g/mol. The Kier molecular flexibility index (Phi) is 4.36. The van der Waals surface area contributed by atoms with Crippen LogP contribution in [0.3, 0.4) is 0 Å². The molecular weight excluding hydrogens is 222 g/mol. The first-order chi connectivity index (χ1) is 8.61. The quantitative estimate of drug-likeness (QED) is 0.892. The van der Waals surface area contributed by atoms with Crippen LogP contribution in [0.5, 0.6) is 0 Å². The molecule has 1 fully saturated rings. The summed E-state index contributed by atoms with van der Waals surface area (Å²) in [7, 11) is 0. The van der Waals surface area contributed by atoms with Gasteiger partial charge in [-0.25, -0.2) is 0 Å². The first-order valence-electron chi connectivity index (χ1n) is 7.03. The van der Waals surface area contributed by atoms with Crippen molar-refractivity contribution in [3.05, 3.63) is 30.1 Å². The second kappa shape index (κ2) is 5.81. The van der Waals surface area contributed by atoms with Crippen LogP contribution in [0.15, 0.2) is 24.4 Å². The highest BCUT2D eigenvalue weighted by atomic mass is 15.2. The van der Waals surface area contributed by atoms with E-state index in [2.05, 4.69) is 42.8 Å². The van der Waals surface area contributed by atoms with Gasteiger partial charge in [0.2, 0.25) is 0 Å². The van der Waals surface area contributed by atoms with Crippen LogP contribution in [-0.2, 0) is 0 Å². The zero-order chi connectivity index (χ0) is 13.1. The molecule has 0 spiro atoms. The molecule has 100 valence electrons. The van der Waals surface area contributed by atoms with E-state index in [1.807, 2.05) is 12.3 Å². The maximum absolute atomic E-state index is 6.23. The molecule has 1 aliphatic rings. The van der Waals surface area contributed by atoms with Gasteiger partial charge in [0.25, 0.3) is 0 Å². The summed E-state index contributed by atoms with van der Waals surface area (Å²) in [5.74, 6) is 0.740. The van der Waals surface area contributed by atoms with Gasteiger partial charge in [-0.15, -0.1) is 0 Å². The number of pyridine rings is 1. The number of likely N-dealkylation sites (tertiary alicyclic amines) is 1. The fraction of sp³-hybridized carbons (Fsp3) is 0.667. The summed E-state index contributed by atoms with van der Waals surface area (Å²) in [5, 5.41) is 0. The molecule has 2 rings (SSSR count). The van der Waals surface area contributed by atoms with Gasteiger partial charge < -0.3 is 5.73 Å². The number of rotatable bonds is 3. The first kappa shape index (κ1) is 13.5. The number of nitrogens with two attached hydrogens (primary N) is 1. The van der Waals surface area contributed by atoms with E-state index in [0.29, 0.717) is 6.04 Å². The minimum absolute atomic E-state index is 0.104. The lowest BCUT2D eigenvalue weighted by Gasteiger charge is -2.44. The van der Waals surface area contributed by atoms with E-state index in [9.17, 15) is 0 Å². The van der Waals surface area contributed by atoms with E-state index in [1.165, 1.54) is 12.8 Å². The molecule has 1 aromatic heterocycles. The Morgan fingerprint density at radius 3 is 2.78 bits per heavy atom. The zero-order valence-corrected chi connectivity index (χ0v) is 11.7. The SMILES string of the molecule is CC(N)C(c1ccccn1)N1CCCC(C)C1C. The van der Waals surface area contributed by atoms with Gasteiger partial charge in [-0.1, -0.05) is 13.0 Å². The normalized spacial score (nSPS) is 28.9. The predicted molar refractivity (Wildman–Crippen MR) is 75.2 cm³/mol. The van der Waals surface area contributed by atoms with Gasteiger partial charge in [-0.2, -0.15) is 0 Å². The molecule has 0 radical (unpaired) electrons. The molecule has 2 N–H and O–H groups in total. The molecule has 0 amide bonds. The van der Waals surface area contributed by atoms with Gasteiger partial charge in [0.05, 0.1) is 11.7 Å². The molecule has 3 heteroatoms. The number of hydrogen-bond acceptors (Lipinski definition) is 3. The molecule has 1 saturated heterocycles. The molecule has 3 nitrogen and oxygen atoms in total. The van der Waals surface area contributed by atoms with Gasteiger partial charge in [-0.3, -0.25) is 9.88 Å². The third kappa shape index (κ3) is 2.73. The van der Waals surface area contributed by atoms with Crippen LogP contribution < -0.4 is 5.73 Å². The van der Waals surface area contributed by atoms with Crippen LogP contribution in [0.2, 0.25) is 0 Å². The van der Waals surface area contributed by atoms with Gasteiger partial charge in [0.1, 0.15) is 0 Å². The van der Waals surface area contributed by atoms with Crippen LogP contribution in [0.4, 0.5) is 0 Å². The van der Waals surface area contributed by atoms with E-state index in [-0.39, 0.29) is 12.1 Å². The predicted octanol–water partition coefficient (Wildman–Crippen LogP) is 2.59. The minimum Gasteiger partial charge on any atom is -0.326 e. The molecule has 1 aromatic rings. The van der Waals surface area contributed by atoms with Gasteiger partial charge >= 0.3 is 0 Å². The number of piperidine rings is 1. The molecular formula is C15H25N3. The second-order valence-electron chi connectivity index (χ2n) is 5.66. The van der Waals surface area contributed by atoms with Crippen molar-refractivity contribution in [2.45, 2.75) is 51.7 Å². The number of hydrogen-bond donors (Lipinski definition) is 1. The summed E-state index contributed by atoms with van der Waals surface area (Å²) in [6.07, 6.45) is 4.45. The number of aromatic nitrogens is 1. The summed E-state index contributed by atoms with van der Waals surface area (Å²) in [6, 6.07) is 7.04. The van der Waals surface area contributed by atoms with Gasteiger partial charge in [0.15, 0.2) is 0 Å². The molecule has 0 aromatic carbocycles. The molecule has 18 heavy (non-hydrogen) atoms. The van der Waals surface area contributed by atoms with Gasteiger partial charge in [0, 0.05) is 18.3 Å². The van der Waals surface area contributed by atoms with E-state index >= 15 is 0 Å². The highest BCUT2D eigenvalue weighted by Crippen LogP contribution is 2.32. The maximum atomic E-state index is 6.23. The van der Waals surface area contributed by atoms with Crippen molar-refractivity contribution < 1.29 is 0 Å². The number of nitrogens with zero attached hydrogens (tertiary/aromatic N) is 2. The molecule has 4 unspecified atom stereocenters. The summed E-state index contributed by atoms with van der Waals surface area (Å²) in [4.78, 5) is 7.06. The van der Waals surface area contributed by atoms with Crippen LogP contribution in [0.1, 0.15) is 45.3 Å². The summed E-state index contributed by atoms with van der Waals surface area (Å²) >= 11 is 0. The van der Waals surface area contributed by atoms with Crippen molar-refractivity contribution >= 4 is 0 Å². The second-order valence-corrected chi connectivity index (χ2v) is 5.66. The molecule has 0 saturated carbocycles. The van der Waals surface area contributed by atoms with E-state index < -0.39 is 0 Å². The Labute approximate surface area is 110 Å². The lowest BCUT2D eigenvalue weighted by molar-refractivity contribution is 0.0560. The topological polar surface area (TPSA) is 42.1 Å².